The summed E-state index contributed by atoms with van der Waals surface area (Å²) in [7, 11) is 4.40. The van der Waals surface area contributed by atoms with Crippen molar-refractivity contribution in [3.05, 3.63) is 86.6 Å². The number of fused-ring (bicyclic) bond motifs is 2. The van der Waals surface area contributed by atoms with Crippen LogP contribution in [0.1, 0.15) is 15.9 Å². The van der Waals surface area contributed by atoms with Crippen LogP contribution in [0.2, 0.25) is 0 Å². The van der Waals surface area contributed by atoms with E-state index in [2.05, 4.69) is 10.6 Å². The molecule has 2 amide bonds. The highest BCUT2D eigenvalue weighted by molar-refractivity contribution is 5.94. The number of rotatable bonds is 8. The van der Waals surface area contributed by atoms with Crippen LogP contribution in [-0.4, -0.2) is 49.0 Å². The number of hydrogen-bond acceptors (Lipinski definition) is 8. The first-order chi connectivity index (χ1) is 19.3. The summed E-state index contributed by atoms with van der Waals surface area (Å²) in [6.07, 6.45) is 0. The molecular weight excluding hydrogens is 520 g/mol. The Hall–Kier alpha value is -5.26. The monoisotopic (exact) mass is 546 g/mol. The number of hydrogen-bond donors (Lipinski definition) is 2. The Morgan fingerprint density at radius 1 is 0.900 bits per heavy atom. The van der Waals surface area contributed by atoms with Crippen LogP contribution in [0.4, 0.5) is 5.69 Å². The van der Waals surface area contributed by atoms with Crippen LogP contribution in [-0.2, 0) is 17.9 Å². The largest absolute Gasteiger partial charge is 0.493 e. The Morgan fingerprint density at radius 3 is 2.30 bits per heavy atom. The van der Waals surface area contributed by atoms with E-state index in [4.69, 9.17) is 18.9 Å². The van der Waals surface area contributed by atoms with Crippen LogP contribution >= 0.6 is 0 Å². The summed E-state index contributed by atoms with van der Waals surface area (Å²) in [6, 6.07) is 14.4. The molecule has 40 heavy (non-hydrogen) atoms. The zero-order chi connectivity index (χ0) is 28.4. The zero-order valence-corrected chi connectivity index (χ0v) is 22.0. The van der Waals surface area contributed by atoms with Gasteiger partial charge in [-0.05, 0) is 35.9 Å². The fraction of sp³-hybridized carbons (Fsp3) is 0.214. The second kappa shape index (κ2) is 10.8. The number of nitrogens with zero attached hydrogens (tertiary/aromatic N) is 2. The molecule has 0 radical (unpaired) electrons. The van der Waals surface area contributed by atoms with E-state index in [1.165, 1.54) is 38.0 Å². The van der Waals surface area contributed by atoms with Gasteiger partial charge in [0.15, 0.2) is 23.0 Å². The number of amides is 2. The van der Waals surface area contributed by atoms with E-state index in [0.717, 1.165) is 4.57 Å². The molecule has 0 bridgehead atoms. The van der Waals surface area contributed by atoms with E-state index < -0.39 is 23.7 Å². The van der Waals surface area contributed by atoms with Crippen molar-refractivity contribution < 1.29 is 28.5 Å². The molecule has 2 heterocycles. The molecule has 12 heteroatoms. The number of aromatic nitrogens is 2. The molecule has 5 rings (SSSR count). The Kier molecular flexibility index (Phi) is 7.15. The van der Waals surface area contributed by atoms with Crippen molar-refractivity contribution >= 4 is 28.4 Å². The van der Waals surface area contributed by atoms with Crippen LogP contribution < -0.4 is 40.8 Å². The number of ether oxygens (including phenoxy) is 4. The first-order valence-corrected chi connectivity index (χ1v) is 12.2. The molecule has 0 spiro atoms. The van der Waals surface area contributed by atoms with Crippen LogP contribution in [0.5, 0.6) is 23.0 Å². The highest BCUT2D eigenvalue weighted by Crippen LogP contribution is 2.34. The van der Waals surface area contributed by atoms with Gasteiger partial charge >= 0.3 is 5.69 Å². The van der Waals surface area contributed by atoms with Crippen molar-refractivity contribution in [1.82, 2.24) is 14.5 Å². The maximum absolute atomic E-state index is 13.7. The lowest BCUT2D eigenvalue weighted by Crippen LogP contribution is -2.42. The minimum atomic E-state index is -0.694. The average molecular weight is 547 g/mol. The van der Waals surface area contributed by atoms with Gasteiger partial charge in [-0.3, -0.25) is 23.5 Å². The van der Waals surface area contributed by atoms with E-state index in [1.54, 1.807) is 42.5 Å². The average Bonchev–Trinajstić information content (AvgIpc) is 3.44. The molecule has 1 aromatic heterocycles. The molecule has 3 aromatic carbocycles. The van der Waals surface area contributed by atoms with Gasteiger partial charge in [0.2, 0.25) is 12.7 Å². The van der Waals surface area contributed by atoms with Gasteiger partial charge in [-0.1, -0.05) is 12.1 Å². The quantitative estimate of drug-likeness (QED) is 0.342. The van der Waals surface area contributed by atoms with Crippen LogP contribution in [0.25, 0.3) is 10.9 Å². The lowest BCUT2D eigenvalue weighted by molar-refractivity contribution is -0.116. The molecule has 1 aliphatic rings. The maximum atomic E-state index is 13.7. The molecular formula is C28H26N4O8. The van der Waals surface area contributed by atoms with Gasteiger partial charge in [-0.25, -0.2) is 4.79 Å². The lowest BCUT2D eigenvalue weighted by atomic mass is 10.1. The molecule has 0 aliphatic carbocycles. The van der Waals surface area contributed by atoms with E-state index in [-0.39, 0.29) is 30.1 Å². The van der Waals surface area contributed by atoms with Crippen LogP contribution in [0.3, 0.4) is 0 Å². The molecule has 0 saturated carbocycles. The summed E-state index contributed by atoms with van der Waals surface area (Å²) in [4.78, 5) is 52.2. The Morgan fingerprint density at radius 2 is 1.60 bits per heavy atom. The second-order valence-electron chi connectivity index (χ2n) is 8.88. The summed E-state index contributed by atoms with van der Waals surface area (Å²) in [5.41, 5.74) is 0.453. The van der Waals surface area contributed by atoms with Crippen molar-refractivity contribution in [2.45, 2.75) is 13.1 Å². The van der Waals surface area contributed by atoms with Gasteiger partial charge in [0.1, 0.15) is 6.54 Å². The van der Waals surface area contributed by atoms with Crippen molar-refractivity contribution in [2.24, 2.45) is 0 Å². The minimum Gasteiger partial charge on any atom is -0.493 e. The summed E-state index contributed by atoms with van der Waals surface area (Å²) < 4.78 is 23.7. The molecule has 1 aliphatic heterocycles. The van der Waals surface area contributed by atoms with Gasteiger partial charge in [-0.2, -0.15) is 0 Å². The molecule has 0 saturated heterocycles. The highest BCUT2D eigenvalue weighted by Gasteiger charge is 2.20. The smallest absolute Gasteiger partial charge is 0.332 e. The zero-order valence-electron chi connectivity index (χ0n) is 22.0. The minimum absolute atomic E-state index is 0.0836. The fourth-order valence-electron chi connectivity index (χ4n) is 4.44. The van der Waals surface area contributed by atoms with Gasteiger partial charge < -0.3 is 29.6 Å². The van der Waals surface area contributed by atoms with Crippen molar-refractivity contribution in [2.75, 3.05) is 33.4 Å². The van der Waals surface area contributed by atoms with E-state index in [0.29, 0.717) is 39.8 Å². The summed E-state index contributed by atoms with van der Waals surface area (Å²) in [5.74, 6) is 0.887. The summed E-state index contributed by atoms with van der Waals surface area (Å²) >= 11 is 0. The summed E-state index contributed by atoms with van der Waals surface area (Å²) in [5, 5.41) is 5.46. The summed E-state index contributed by atoms with van der Waals surface area (Å²) in [6.45, 7) is -0.385. The van der Waals surface area contributed by atoms with Gasteiger partial charge in [0.25, 0.3) is 11.5 Å². The predicted octanol–water partition coefficient (Wildman–Crippen LogP) is 1.96. The Bertz CT molecular complexity index is 1740. The Labute approximate surface area is 227 Å². The maximum Gasteiger partial charge on any atom is 0.332 e. The predicted molar refractivity (Wildman–Crippen MR) is 146 cm³/mol. The number of nitrogens with one attached hydrogen (secondary N) is 2. The number of carbonyl (C=O) groups is 2. The second-order valence-corrected chi connectivity index (χ2v) is 8.88. The molecule has 0 fully saturated rings. The Balaban J connectivity index is 1.56. The number of anilines is 1. The number of methoxy groups -OCH3 is 2. The van der Waals surface area contributed by atoms with E-state index in [1.807, 2.05) is 0 Å². The van der Waals surface area contributed by atoms with Crippen molar-refractivity contribution in [3.63, 3.8) is 0 Å². The lowest BCUT2D eigenvalue weighted by Gasteiger charge is -2.16. The molecule has 0 unspecified atom stereocenters. The molecule has 0 atom stereocenters. The molecule has 4 aromatic rings. The fourth-order valence-corrected chi connectivity index (χ4v) is 4.44. The normalized spacial score (nSPS) is 11.8. The third-order valence-corrected chi connectivity index (χ3v) is 6.47. The standard InChI is InChI=1S/C28H26N4O8/c1-29-26(34)17-6-4-16(5-7-17)13-32-27(35)19-11-22(37-2)23(38-3)12-20(19)31(28(32)36)14-25(33)30-18-8-9-21-24(10-18)40-15-39-21/h4-12H,13-15H2,1-3H3,(H,29,34)(H,30,33). The van der Waals surface area contributed by atoms with E-state index in [9.17, 15) is 19.2 Å². The van der Waals surface area contributed by atoms with Crippen molar-refractivity contribution in [3.8, 4) is 23.0 Å². The SMILES string of the molecule is CNC(=O)c1ccc(Cn2c(=O)c3cc(OC)c(OC)cc3n(CC(=O)Nc3ccc4c(c3)OCO4)c2=O)cc1. The third kappa shape index (κ3) is 4.94. The highest BCUT2D eigenvalue weighted by atomic mass is 16.7. The molecule has 2 N–H and O–H groups in total. The first kappa shape index (κ1) is 26.4. The number of benzene rings is 3. The number of carbonyl (C=O) groups excluding carboxylic acids is 2. The molecule has 12 nitrogen and oxygen atoms in total. The van der Waals surface area contributed by atoms with Crippen molar-refractivity contribution in [1.29, 1.82) is 0 Å². The van der Waals surface area contributed by atoms with Gasteiger partial charge in [0.05, 0.1) is 31.7 Å². The van der Waals surface area contributed by atoms with Crippen LogP contribution in [0.15, 0.2) is 64.2 Å². The molecule has 206 valence electrons. The third-order valence-electron chi connectivity index (χ3n) is 6.47. The van der Waals surface area contributed by atoms with Gasteiger partial charge in [-0.15, -0.1) is 0 Å². The first-order valence-electron chi connectivity index (χ1n) is 12.2. The van der Waals surface area contributed by atoms with Crippen LogP contribution in [0, 0.1) is 0 Å². The van der Waals surface area contributed by atoms with Gasteiger partial charge in [0, 0.05) is 30.4 Å². The van der Waals surface area contributed by atoms with E-state index >= 15 is 0 Å². The topological polar surface area (TPSA) is 139 Å².